The van der Waals surface area contributed by atoms with Gasteiger partial charge in [0.05, 0.1) is 0 Å². The maximum absolute atomic E-state index is 6.65. The molecule has 0 aliphatic carbocycles. The van der Waals surface area contributed by atoms with E-state index < -0.39 is 16.1 Å². The summed E-state index contributed by atoms with van der Waals surface area (Å²) in [6.07, 6.45) is 6.19. The van der Waals surface area contributed by atoms with E-state index in [2.05, 4.69) is 231 Å². The molecule has 9 heteroatoms. The van der Waals surface area contributed by atoms with E-state index in [1.54, 1.807) is 0 Å². The fourth-order valence-corrected chi connectivity index (χ4v) is 16.6. The first-order chi connectivity index (χ1) is 31.8. The van der Waals surface area contributed by atoms with Crippen molar-refractivity contribution in [1.29, 1.82) is 0 Å². The third-order valence-corrected chi connectivity index (χ3v) is 21.1. The van der Waals surface area contributed by atoms with Crippen LogP contribution in [-0.2, 0) is 26.5 Å². The van der Waals surface area contributed by atoms with Crippen molar-refractivity contribution in [1.82, 2.24) is 9.55 Å². The summed E-state index contributed by atoms with van der Waals surface area (Å²) in [6.45, 7) is 19.0. The summed E-state index contributed by atoms with van der Waals surface area (Å²) in [4.78, 5) is 11.9. The van der Waals surface area contributed by atoms with E-state index in [9.17, 15) is 0 Å². The van der Waals surface area contributed by atoms with Crippen molar-refractivity contribution in [3.63, 3.8) is 0 Å². The molecule has 3 aliphatic heterocycles. The molecular weight excluding hydrogens is 1030 g/mol. The number of pyridine rings is 1. The first kappa shape index (κ1) is 43.1. The van der Waals surface area contributed by atoms with E-state index in [0.717, 1.165) is 38.9 Å². The molecule has 0 unspecified atom stereocenters. The van der Waals surface area contributed by atoms with Gasteiger partial charge in [-0.25, -0.2) is 4.98 Å². The van der Waals surface area contributed by atoms with Gasteiger partial charge in [0, 0.05) is 67.0 Å². The first-order valence-electron chi connectivity index (χ1n) is 22.9. The molecule has 2 aromatic heterocycles. The average molecular weight is 1080 g/mol. The number of fused-ring (bicyclic) bond motifs is 7. The summed E-state index contributed by atoms with van der Waals surface area (Å²) < 4.78 is 8.87. The summed E-state index contributed by atoms with van der Waals surface area (Å²) >= 11 is 0. The molecule has 0 spiro atoms. The predicted molar refractivity (Wildman–Crippen MR) is 280 cm³/mol. The van der Waals surface area contributed by atoms with Crippen molar-refractivity contribution in [2.24, 2.45) is 0 Å². The van der Waals surface area contributed by atoms with Crippen LogP contribution in [0.3, 0.4) is 0 Å². The Morgan fingerprint density at radius 3 is 1.94 bits per heavy atom. The third-order valence-electron chi connectivity index (χ3n) is 14.1. The van der Waals surface area contributed by atoms with Gasteiger partial charge in [-0.2, -0.15) is 12.1 Å². The molecule has 0 saturated heterocycles. The fraction of sp³-hybridized carbons (Fsp3) is 0.138. The molecule has 334 valence electrons. The van der Waals surface area contributed by atoms with Crippen molar-refractivity contribution in [3.05, 3.63) is 195 Å². The van der Waals surface area contributed by atoms with E-state index in [0.29, 0.717) is 11.5 Å². The first-order valence-corrected chi connectivity index (χ1v) is 28.9. The van der Waals surface area contributed by atoms with Gasteiger partial charge in [-0.15, -0.1) is 48.1 Å². The number of ether oxygens (including phenoxy) is 1. The van der Waals surface area contributed by atoms with Gasteiger partial charge in [-0.05, 0) is 103 Å². The maximum atomic E-state index is 6.65. The molecule has 12 rings (SSSR count). The molecule has 0 bridgehead atoms. The minimum absolute atomic E-state index is 0. The molecule has 9 aromatic rings. The van der Waals surface area contributed by atoms with Crippen molar-refractivity contribution in [3.8, 4) is 28.4 Å². The second-order valence-electron chi connectivity index (χ2n) is 19.9. The zero-order valence-electron chi connectivity index (χ0n) is 38.7. The molecule has 0 atom stereocenters. The molecule has 67 heavy (non-hydrogen) atoms. The molecule has 0 saturated carbocycles. The Morgan fingerprint density at radius 2 is 1.24 bits per heavy atom. The summed E-state index contributed by atoms with van der Waals surface area (Å²) in [6, 6.07) is 62.2. The van der Waals surface area contributed by atoms with Gasteiger partial charge in [-0.3, -0.25) is 0 Å². The van der Waals surface area contributed by atoms with E-state index in [1.807, 2.05) is 24.4 Å². The molecule has 5 heterocycles. The van der Waals surface area contributed by atoms with Crippen LogP contribution in [0, 0.1) is 18.8 Å². The van der Waals surface area contributed by atoms with Crippen molar-refractivity contribution < 1.29 is 25.8 Å². The minimum atomic E-state index is -2.08. The second-order valence-corrected chi connectivity index (χ2v) is 28.6. The minimum Gasteiger partial charge on any atom is -0.509 e. The van der Waals surface area contributed by atoms with Crippen molar-refractivity contribution >= 4 is 87.1 Å². The zero-order chi connectivity index (χ0) is 45.1. The van der Waals surface area contributed by atoms with Gasteiger partial charge in [0.15, 0.2) is 0 Å². The molecule has 0 N–H and O–H groups in total. The summed E-state index contributed by atoms with van der Waals surface area (Å²) in [7, 11) is -4.17. The van der Waals surface area contributed by atoms with Crippen LogP contribution < -0.4 is 40.2 Å². The zero-order valence-corrected chi connectivity index (χ0v) is 43.0. The predicted octanol–water partition coefficient (Wildman–Crippen LogP) is 12.2. The monoisotopic (exact) mass is 1080 g/mol. The van der Waals surface area contributed by atoms with Gasteiger partial charge < -0.3 is 24.0 Å². The quantitative estimate of drug-likeness (QED) is 0.123. The van der Waals surface area contributed by atoms with Gasteiger partial charge in [-0.1, -0.05) is 131 Å². The van der Waals surface area contributed by atoms with Crippen molar-refractivity contribution in [2.75, 3.05) is 14.7 Å². The van der Waals surface area contributed by atoms with Crippen LogP contribution in [0.25, 0.3) is 38.8 Å². The molecule has 3 aliphatic rings. The van der Waals surface area contributed by atoms with Crippen LogP contribution in [-0.4, -0.2) is 25.7 Å². The van der Waals surface area contributed by atoms with Crippen LogP contribution in [0.4, 0.5) is 28.4 Å². The summed E-state index contributed by atoms with van der Waals surface area (Å²) in [5, 5.41) is 8.17. The number of benzene rings is 7. The molecule has 0 amide bonds. The number of hydrogen-bond acceptors (Lipinski definition) is 5. The Bertz CT molecular complexity index is 3380. The Labute approximate surface area is 410 Å². The van der Waals surface area contributed by atoms with Gasteiger partial charge >= 0.3 is 0 Å². The summed E-state index contributed by atoms with van der Waals surface area (Å²) in [5.41, 5.74) is 11.7. The Morgan fingerprint density at radius 1 is 0.582 bits per heavy atom. The van der Waals surface area contributed by atoms with Crippen LogP contribution in [0.5, 0.6) is 11.5 Å². The van der Waals surface area contributed by atoms with E-state index in [1.165, 1.54) is 54.6 Å². The third kappa shape index (κ3) is 6.94. The van der Waals surface area contributed by atoms with Crippen LogP contribution >= 0.6 is 0 Å². The van der Waals surface area contributed by atoms with Crippen LogP contribution in [0.15, 0.2) is 170 Å². The number of aromatic nitrogens is 2. The number of rotatable bonds is 6. The Hall–Kier alpha value is -6.45. The van der Waals surface area contributed by atoms with Gasteiger partial charge in [0.2, 0.25) is 0 Å². The van der Waals surface area contributed by atoms with Crippen LogP contribution in [0.1, 0.15) is 26.3 Å². The van der Waals surface area contributed by atoms with Crippen molar-refractivity contribution in [2.45, 2.75) is 52.4 Å². The number of anilines is 5. The Kier molecular flexibility index (Phi) is 10.2. The van der Waals surface area contributed by atoms with Gasteiger partial charge in [0.25, 0.3) is 0 Å². The van der Waals surface area contributed by atoms with E-state index in [-0.39, 0.29) is 26.5 Å². The number of hydrogen-bond donors (Lipinski definition) is 0. The topological polar surface area (TPSA) is 36.8 Å². The average Bonchev–Trinajstić information content (AvgIpc) is 3.95. The largest absolute Gasteiger partial charge is 0.509 e. The molecule has 7 aromatic carbocycles. The normalized spacial score (nSPS) is 15.3. The molecule has 0 radical (unpaired) electrons. The van der Waals surface area contributed by atoms with E-state index >= 15 is 0 Å². The SMILES string of the molecule is CC(C)(C)c1ccnc(-n2c3[c-]c(Oc4[c-]c(N5C=CN(c6cc7c8c(c6)[Si](C)(C)c6ccccc6N8c6ccccc6[Si]7(C)C)[CH-]5)ccc4)ccc3c3cc(-c4ccccc4)ccc32)c1.[Pt]. The standard InChI is InChI=1S/C58H50N5OSi2.Pt/c1-58(2,3)41-28-29-59-56(33-41)62-48-27-24-40(39-16-9-8-10-17-39)32-47(48)46-26-25-45(37-51(46)62)64-44-19-15-18-42(34-44)60-30-31-61(38-60)43-35-54-57-55(36-43)66(6,7)53-23-14-12-21-50(53)63(57)49-20-11-13-22-52(49)65(54,4)5;/h8-33,35-36,38H,1-7H3;/q-3;. The molecular formula is C58H50N5OPtSi2-3. The number of para-hydroxylation sites is 2. The molecule has 6 nitrogen and oxygen atoms in total. The summed E-state index contributed by atoms with van der Waals surface area (Å²) in [5.74, 6) is 2.07. The smallest absolute Gasteiger partial charge is 0.135 e. The molecule has 0 fully saturated rings. The van der Waals surface area contributed by atoms with Crippen LogP contribution in [0.2, 0.25) is 26.2 Å². The Balaban J connectivity index is 0.00000494. The maximum Gasteiger partial charge on any atom is 0.135 e. The number of nitrogens with zero attached hydrogens (tertiary/aromatic N) is 5. The van der Waals surface area contributed by atoms with Gasteiger partial charge in [0.1, 0.15) is 22.0 Å². The fourth-order valence-electron chi connectivity index (χ4n) is 10.5. The van der Waals surface area contributed by atoms with E-state index in [4.69, 9.17) is 9.72 Å². The second kappa shape index (κ2) is 15.8.